The van der Waals surface area contributed by atoms with Crippen molar-refractivity contribution in [2.75, 3.05) is 17.7 Å². The first-order chi connectivity index (χ1) is 30.9. The van der Waals surface area contributed by atoms with Crippen LogP contribution in [0.2, 0.25) is 0 Å². The van der Waals surface area contributed by atoms with Gasteiger partial charge in [0, 0.05) is 28.1 Å². The van der Waals surface area contributed by atoms with E-state index in [1.54, 1.807) is 171 Å². The number of nitrogens with one attached hydrogen (secondary N) is 2. The number of aromatic hydroxyl groups is 1. The molecule has 8 rings (SSSR count). The second-order valence-electron chi connectivity index (χ2n) is 14.2. The summed E-state index contributed by atoms with van der Waals surface area (Å²) in [6.07, 6.45) is 0. The van der Waals surface area contributed by atoms with Crippen molar-refractivity contribution < 1.29 is 53.4 Å². The molecule has 0 fully saturated rings. The van der Waals surface area contributed by atoms with E-state index in [2.05, 4.69) is 15.5 Å². The van der Waals surface area contributed by atoms with Crippen LogP contribution in [0.15, 0.2) is 170 Å². The first-order valence-electron chi connectivity index (χ1n) is 19.5. The number of ketones is 1. The minimum atomic E-state index is -0.625. The molecular weight excluding hydrogens is 817 g/mol. The fourth-order valence-electron chi connectivity index (χ4n) is 6.34. The minimum Gasteiger partial charge on any atom is -0.508 e. The summed E-state index contributed by atoms with van der Waals surface area (Å²) >= 11 is 0. The summed E-state index contributed by atoms with van der Waals surface area (Å²) in [5, 5.41) is 26.8. The average molecular weight is 855 g/mol. The highest BCUT2D eigenvalue weighted by molar-refractivity contribution is 6.06. The maximum atomic E-state index is 13.0. The Bertz CT molecular complexity index is 3020. The van der Waals surface area contributed by atoms with E-state index in [1.165, 1.54) is 13.0 Å². The van der Waals surface area contributed by atoms with Gasteiger partial charge in [-0.15, -0.1) is 0 Å². The molecule has 0 atom stereocenters. The van der Waals surface area contributed by atoms with E-state index < -0.39 is 17.8 Å². The molecule has 2 amide bonds. The van der Waals surface area contributed by atoms with E-state index in [9.17, 15) is 29.1 Å². The Morgan fingerprint density at radius 3 is 1.52 bits per heavy atom. The van der Waals surface area contributed by atoms with Crippen molar-refractivity contribution in [3.63, 3.8) is 0 Å². The summed E-state index contributed by atoms with van der Waals surface area (Å²) in [4.78, 5) is 66.2. The van der Waals surface area contributed by atoms with E-state index in [0.717, 1.165) is 21.5 Å². The van der Waals surface area contributed by atoms with Crippen LogP contribution in [0.5, 0.6) is 28.7 Å². The van der Waals surface area contributed by atoms with Gasteiger partial charge in [0.05, 0.1) is 18.2 Å². The van der Waals surface area contributed by atoms with Gasteiger partial charge < -0.3 is 34.8 Å². The van der Waals surface area contributed by atoms with Crippen molar-refractivity contribution in [2.24, 2.45) is 0 Å². The van der Waals surface area contributed by atoms with Crippen molar-refractivity contribution in [1.29, 1.82) is 0 Å². The molecule has 64 heavy (non-hydrogen) atoms. The number of phenolic OH excluding ortho intramolecular Hbond substituents is 1. The number of benzene rings is 8. The van der Waals surface area contributed by atoms with Crippen LogP contribution in [0.4, 0.5) is 11.4 Å². The number of rotatable bonds is 11. The Hall–Kier alpha value is -8.81. The van der Waals surface area contributed by atoms with Crippen molar-refractivity contribution >= 4 is 62.5 Å². The monoisotopic (exact) mass is 854 g/mol. The molecule has 0 heterocycles. The predicted octanol–water partition coefficient (Wildman–Crippen LogP) is 10.4. The Balaban J connectivity index is 0.000000269. The lowest BCUT2D eigenvalue weighted by Gasteiger charge is -2.09. The van der Waals surface area contributed by atoms with Gasteiger partial charge in [-0.05, 0) is 162 Å². The molecule has 318 valence electrons. The maximum Gasteiger partial charge on any atom is 0.343 e. The lowest BCUT2D eigenvalue weighted by molar-refractivity contribution is -0.137. The zero-order valence-corrected chi connectivity index (χ0v) is 34.2. The van der Waals surface area contributed by atoms with Crippen molar-refractivity contribution in [1.82, 2.24) is 0 Å². The van der Waals surface area contributed by atoms with Gasteiger partial charge in [-0.2, -0.15) is 0 Å². The SMILES string of the molecule is CC(=O)c1ccc2cc(OC(=O)c3cccc(C(=O)Nc4ccc(OC(=O)c5ccc6cc(O)ccc6c5)cc4)c3)ccc2c1.COc1ccc(C(=O)Nc2ccc(OO)cc2)cc1. The molecule has 8 aromatic carbocycles. The van der Waals surface area contributed by atoms with Crippen LogP contribution in [0.3, 0.4) is 0 Å². The van der Waals surface area contributed by atoms with Crippen LogP contribution in [0.1, 0.15) is 58.7 Å². The first kappa shape index (κ1) is 43.3. The van der Waals surface area contributed by atoms with Crippen LogP contribution in [0, 0.1) is 0 Å². The van der Waals surface area contributed by atoms with Gasteiger partial charge in [-0.1, -0.05) is 36.4 Å². The quantitative estimate of drug-likeness (QED) is 0.0319. The highest BCUT2D eigenvalue weighted by Gasteiger charge is 2.15. The molecule has 0 saturated carbocycles. The molecule has 0 saturated heterocycles. The zero-order valence-electron chi connectivity index (χ0n) is 34.2. The van der Waals surface area contributed by atoms with Crippen molar-refractivity contribution in [3.8, 4) is 28.7 Å². The summed E-state index contributed by atoms with van der Waals surface area (Å²) < 4.78 is 16.1. The van der Waals surface area contributed by atoms with Crippen molar-refractivity contribution in [2.45, 2.75) is 6.92 Å². The van der Waals surface area contributed by atoms with E-state index in [4.69, 9.17) is 19.5 Å². The summed E-state index contributed by atoms with van der Waals surface area (Å²) in [5.41, 5.74) is 3.00. The molecule has 0 bridgehead atoms. The Morgan fingerprint density at radius 1 is 0.438 bits per heavy atom. The van der Waals surface area contributed by atoms with Gasteiger partial charge in [0.1, 0.15) is 23.0 Å². The van der Waals surface area contributed by atoms with Gasteiger partial charge in [0.15, 0.2) is 11.5 Å². The third kappa shape index (κ3) is 10.9. The molecule has 0 spiro atoms. The standard InChI is InChI=1S/C37H25NO7.C14H13NO4/c1-22(39)23-5-6-27-21-34(14-10-25(27)17-23)45-36(42)29-4-2-3-28(19-29)35(41)38-31-11-15-33(16-12-31)44-37(43)30-8-7-26-20-32(40)13-9-24(26)18-30;1-18-12-6-2-10(3-7-12)14(16)15-11-4-8-13(19-17)9-5-11/h2-21,40H,1H3,(H,38,41);2-9,17H,1H3,(H,15,16). The molecule has 13 nitrogen and oxygen atoms in total. The highest BCUT2D eigenvalue weighted by atomic mass is 17.1. The van der Waals surface area contributed by atoms with Gasteiger partial charge >= 0.3 is 11.9 Å². The number of Topliss-reactive ketones (excluding diaryl/α,β-unsaturated/α-hetero) is 1. The van der Waals surface area contributed by atoms with Crippen molar-refractivity contribution in [3.05, 3.63) is 198 Å². The molecule has 13 heteroatoms. The molecule has 0 aromatic heterocycles. The van der Waals surface area contributed by atoms with Crippen LogP contribution in [0.25, 0.3) is 21.5 Å². The number of hydrogen-bond donors (Lipinski definition) is 4. The Labute approximate surface area is 366 Å². The first-order valence-corrected chi connectivity index (χ1v) is 19.5. The average Bonchev–Trinajstić information content (AvgIpc) is 3.32. The molecule has 0 unspecified atom stereocenters. The topological polar surface area (TPSA) is 187 Å². The van der Waals surface area contributed by atoms with E-state index in [1.807, 2.05) is 0 Å². The molecule has 4 N–H and O–H groups in total. The summed E-state index contributed by atoms with van der Waals surface area (Å²) in [6, 6.07) is 46.0. The number of carbonyl (C=O) groups is 5. The van der Waals surface area contributed by atoms with E-state index in [-0.39, 0.29) is 28.6 Å². The smallest absolute Gasteiger partial charge is 0.343 e. The molecule has 0 aliphatic heterocycles. The molecule has 8 aromatic rings. The second kappa shape index (κ2) is 19.7. The van der Waals surface area contributed by atoms with E-state index >= 15 is 0 Å². The summed E-state index contributed by atoms with van der Waals surface area (Å²) in [7, 11) is 1.57. The zero-order chi connectivity index (χ0) is 45.2. The lowest BCUT2D eigenvalue weighted by Crippen LogP contribution is -2.14. The van der Waals surface area contributed by atoms with Gasteiger partial charge in [0.2, 0.25) is 0 Å². The number of esters is 2. The number of amides is 2. The van der Waals surface area contributed by atoms with Crippen LogP contribution in [-0.2, 0) is 0 Å². The number of ether oxygens (including phenoxy) is 3. The number of phenols is 1. The third-order valence-corrected chi connectivity index (χ3v) is 9.74. The Morgan fingerprint density at radius 2 is 0.891 bits per heavy atom. The normalized spacial score (nSPS) is 10.5. The van der Waals surface area contributed by atoms with Gasteiger partial charge in [-0.3, -0.25) is 14.4 Å². The maximum absolute atomic E-state index is 13.0. The van der Waals surface area contributed by atoms with Crippen LogP contribution >= 0.6 is 0 Å². The highest BCUT2D eigenvalue weighted by Crippen LogP contribution is 2.26. The fraction of sp³-hybridized carbons (Fsp3) is 0.0392. The number of fused-ring (bicyclic) bond motifs is 2. The summed E-state index contributed by atoms with van der Waals surface area (Å²) in [5.74, 6) is -0.0926. The predicted molar refractivity (Wildman–Crippen MR) is 241 cm³/mol. The Kier molecular flexibility index (Phi) is 13.3. The number of anilines is 2. The molecule has 0 radical (unpaired) electrons. The van der Waals surface area contributed by atoms with E-state index in [0.29, 0.717) is 51.1 Å². The van der Waals surface area contributed by atoms with Crippen LogP contribution in [-0.4, -0.2) is 47.0 Å². The third-order valence-electron chi connectivity index (χ3n) is 9.74. The lowest BCUT2D eigenvalue weighted by atomic mass is 10.0. The van der Waals surface area contributed by atoms with Gasteiger partial charge in [0.25, 0.3) is 11.8 Å². The summed E-state index contributed by atoms with van der Waals surface area (Å²) in [6.45, 7) is 1.50. The number of carbonyl (C=O) groups excluding carboxylic acids is 5. The second-order valence-corrected chi connectivity index (χ2v) is 14.2. The largest absolute Gasteiger partial charge is 0.508 e. The molecule has 0 aliphatic carbocycles. The van der Waals surface area contributed by atoms with Gasteiger partial charge in [-0.25, -0.2) is 14.8 Å². The number of hydrogen-bond acceptors (Lipinski definition) is 11. The fourth-order valence-corrected chi connectivity index (χ4v) is 6.34. The van der Waals surface area contributed by atoms with Crippen LogP contribution < -0.4 is 29.7 Å². The number of methoxy groups -OCH3 is 1. The minimum absolute atomic E-state index is 0.0317. The molecule has 0 aliphatic rings. The molecular formula is C51H38N2O11.